The van der Waals surface area contributed by atoms with Gasteiger partial charge in [0, 0.05) is 12.2 Å². The van der Waals surface area contributed by atoms with Gasteiger partial charge in [-0.05, 0) is 23.3 Å². The maximum Gasteiger partial charge on any atom is 0.355 e. The van der Waals surface area contributed by atoms with Gasteiger partial charge in [-0.15, -0.1) is 0 Å². The predicted octanol–water partition coefficient (Wildman–Crippen LogP) is 1.75. The maximum absolute atomic E-state index is 13.0. The Morgan fingerprint density at radius 1 is 1.03 bits per heavy atom. The highest BCUT2D eigenvalue weighted by Crippen LogP contribution is 2.43. The maximum atomic E-state index is 13.0. The van der Waals surface area contributed by atoms with E-state index in [4.69, 9.17) is 20.9 Å². The van der Waals surface area contributed by atoms with Crippen molar-refractivity contribution in [2.24, 2.45) is 11.5 Å². The van der Waals surface area contributed by atoms with E-state index in [0.717, 1.165) is 5.56 Å². The van der Waals surface area contributed by atoms with Crippen LogP contribution in [0.3, 0.4) is 0 Å². The van der Waals surface area contributed by atoms with E-state index in [0.29, 0.717) is 11.3 Å². The quantitative estimate of drug-likeness (QED) is 0.548. The van der Waals surface area contributed by atoms with Gasteiger partial charge in [-0.1, -0.05) is 42.5 Å². The largest absolute Gasteiger partial charge is 0.466 e. The van der Waals surface area contributed by atoms with Gasteiger partial charge in [-0.25, -0.2) is 14.4 Å². The van der Waals surface area contributed by atoms with Gasteiger partial charge >= 0.3 is 18.0 Å². The monoisotopic (exact) mass is 461 g/mol. The van der Waals surface area contributed by atoms with Gasteiger partial charge in [-0.3, -0.25) is 4.90 Å². The number of benzene rings is 2. The molecule has 1 atom stereocenters. The molecule has 2 amide bonds. The van der Waals surface area contributed by atoms with Crippen LogP contribution in [0.4, 0.5) is 10.5 Å². The highest BCUT2D eigenvalue weighted by atomic mass is 16.5. The van der Waals surface area contributed by atoms with E-state index in [9.17, 15) is 19.6 Å². The summed E-state index contributed by atoms with van der Waals surface area (Å²) in [5.41, 5.74) is 13.1. The average molecular weight is 461 g/mol. The zero-order valence-electron chi connectivity index (χ0n) is 18.6. The minimum absolute atomic E-state index is 0.0348. The zero-order valence-corrected chi connectivity index (χ0v) is 18.6. The number of methoxy groups -OCH3 is 2. The number of primary amides is 1. The van der Waals surface area contributed by atoms with Crippen LogP contribution in [0.15, 0.2) is 77.3 Å². The van der Waals surface area contributed by atoms with E-state index in [1.807, 2.05) is 0 Å². The van der Waals surface area contributed by atoms with Crippen LogP contribution in [-0.4, -0.2) is 32.2 Å². The molecule has 10 heteroatoms. The lowest BCUT2D eigenvalue weighted by Gasteiger charge is -2.35. The summed E-state index contributed by atoms with van der Waals surface area (Å²) in [5.74, 6) is -2.61. The molecule has 174 valence electrons. The summed E-state index contributed by atoms with van der Waals surface area (Å²) in [6.45, 7) is 0.188. The molecule has 0 saturated carbocycles. The fourth-order valence-electron chi connectivity index (χ4n) is 3.73. The Bertz CT molecular complexity index is 1210. The molecule has 1 aliphatic heterocycles. The van der Waals surface area contributed by atoms with Crippen molar-refractivity contribution < 1.29 is 23.9 Å². The molecule has 10 nitrogen and oxygen atoms in total. The number of nitrogens with zero attached hydrogens (tertiary/aromatic N) is 2. The van der Waals surface area contributed by atoms with Gasteiger partial charge in [0.05, 0.1) is 37.4 Å². The number of nitriles is 1. The third-order valence-corrected chi connectivity index (χ3v) is 5.27. The zero-order chi connectivity index (χ0) is 24.8. The van der Waals surface area contributed by atoms with Gasteiger partial charge in [-0.2, -0.15) is 5.26 Å². The van der Waals surface area contributed by atoms with E-state index in [-0.39, 0.29) is 29.2 Å². The SMILES string of the molecule is COC(=O)C1=C(C(=O)OC)N(c2ccc(CNC(N)=O)cc2)C(N)=C(C#N)C1c1ccccc1. The molecule has 0 aliphatic carbocycles. The van der Waals surface area contributed by atoms with Crippen LogP contribution in [0.5, 0.6) is 0 Å². The number of hydrogen-bond donors (Lipinski definition) is 3. The van der Waals surface area contributed by atoms with Crippen molar-refractivity contribution >= 4 is 23.7 Å². The van der Waals surface area contributed by atoms with Crippen molar-refractivity contribution in [1.82, 2.24) is 5.32 Å². The molecule has 0 radical (unpaired) electrons. The summed E-state index contributed by atoms with van der Waals surface area (Å²) in [5, 5.41) is 12.5. The summed E-state index contributed by atoms with van der Waals surface area (Å²) in [4.78, 5) is 38.2. The number of carbonyl (C=O) groups excluding carboxylic acids is 3. The van der Waals surface area contributed by atoms with Crippen molar-refractivity contribution in [3.05, 3.63) is 88.4 Å². The molecule has 2 aromatic carbocycles. The third-order valence-electron chi connectivity index (χ3n) is 5.27. The molecule has 1 unspecified atom stereocenters. The molecule has 1 aliphatic rings. The molecule has 0 spiro atoms. The van der Waals surface area contributed by atoms with Gasteiger partial charge in [0.15, 0.2) is 0 Å². The van der Waals surface area contributed by atoms with Crippen molar-refractivity contribution in [1.29, 1.82) is 5.26 Å². The molecule has 2 aromatic rings. The molecule has 0 saturated heterocycles. The number of carbonyl (C=O) groups is 3. The first-order chi connectivity index (χ1) is 16.3. The smallest absolute Gasteiger partial charge is 0.355 e. The third kappa shape index (κ3) is 4.54. The van der Waals surface area contributed by atoms with Crippen molar-refractivity contribution in [3.63, 3.8) is 0 Å². The lowest BCUT2D eigenvalue weighted by Crippen LogP contribution is -2.40. The van der Waals surface area contributed by atoms with Gasteiger partial charge < -0.3 is 26.3 Å². The Morgan fingerprint density at radius 3 is 2.18 bits per heavy atom. The average Bonchev–Trinajstić information content (AvgIpc) is 2.86. The summed E-state index contributed by atoms with van der Waals surface area (Å²) in [7, 11) is 2.36. The predicted molar refractivity (Wildman–Crippen MR) is 122 cm³/mol. The van der Waals surface area contributed by atoms with Crippen molar-refractivity contribution in [2.75, 3.05) is 19.1 Å². The van der Waals surface area contributed by atoms with E-state index < -0.39 is 23.9 Å². The molecular formula is C24H23N5O5. The molecule has 34 heavy (non-hydrogen) atoms. The van der Waals surface area contributed by atoms with Gasteiger partial charge in [0.2, 0.25) is 0 Å². The Morgan fingerprint density at radius 2 is 1.65 bits per heavy atom. The normalized spacial score (nSPS) is 15.4. The first-order valence-electron chi connectivity index (χ1n) is 10.1. The van der Waals surface area contributed by atoms with Crippen LogP contribution >= 0.6 is 0 Å². The number of urea groups is 1. The minimum atomic E-state index is -0.942. The molecule has 0 bridgehead atoms. The second-order valence-corrected chi connectivity index (χ2v) is 7.22. The number of nitrogens with one attached hydrogen (secondary N) is 1. The Balaban J connectivity index is 2.25. The van der Waals surface area contributed by atoms with Crippen molar-refractivity contribution in [3.8, 4) is 6.07 Å². The molecule has 0 aromatic heterocycles. The van der Waals surface area contributed by atoms with Crippen LogP contribution in [0, 0.1) is 11.3 Å². The van der Waals surface area contributed by atoms with Crippen LogP contribution in [0.25, 0.3) is 0 Å². The number of allylic oxidation sites excluding steroid dienone is 1. The van der Waals surface area contributed by atoms with E-state index in [2.05, 4.69) is 11.4 Å². The van der Waals surface area contributed by atoms with Crippen LogP contribution in [-0.2, 0) is 25.6 Å². The van der Waals surface area contributed by atoms with Gasteiger partial charge in [0.1, 0.15) is 11.5 Å². The van der Waals surface area contributed by atoms with Crippen LogP contribution in [0.1, 0.15) is 17.0 Å². The number of nitrogens with two attached hydrogens (primary N) is 2. The highest BCUT2D eigenvalue weighted by Gasteiger charge is 2.42. The molecule has 0 fully saturated rings. The summed E-state index contributed by atoms with van der Waals surface area (Å²) in [6, 6.07) is 16.8. The Hall–Kier alpha value is -4.78. The Labute approximate surface area is 196 Å². The van der Waals surface area contributed by atoms with E-state index in [1.54, 1.807) is 54.6 Å². The second kappa shape index (κ2) is 10.2. The number of amides is 2. The first kappa shape index (κ1) is 23.9. The van der Waals surface area contributed by atoms with E-state index >= 15 is 0 Å². The Kier molecular flexibility index (Phi) is 7.18. The first-order valence-corrected chi connectivity index (χ1v) is 10.1. The van der Waals surface area contributed by atoms with Crippen LogP contribution < -0.4 is 21.7 Å². The number of anilines is 1. The molecule has 5 N–H and O–H groups in total. The number of ether oxygens (including phenoxy) is 2. The molecule has 3 rings (SSSR count). The summed E-state index contributed by atoms with van der Waals surface area (Å²) >= 11 is 0. The lowest BCUT2D eigenvalue weighted by molar-refractivity contribution is -0.139. The fourth-order valence-corrected chi connectivity index (χ4v) is 3.73. The topological polar surface area (TPSA) is 161 Å². The summed E-state index contributed by atoms with van der Waals surface area (Å²) < 4.78 is 9.98. The second-order valence-electron chi connectivity index (χ2n) is 7.22. The number of esters is 2. The van der Waals surface area contributed by atoms with Crippen LogP contribution in [0.2, 0.25) is 0 Å². The molecular weight excluding hydrogens is 438 g/mol. The standard InChI is InChI=1S/C24H23N5O5/c1-33-22(30)19-18(15-6-4-3-5-7-15)17(12-25)21(26)29(20(19)23(31)34-2)16-10-8-14(9-11-16)13-28-24(27)32/h3-11,18H,13,26H2,1-2H3,(H3,27,28,32). The lowest BCUT2D eigenvalue weighted by atomic mass is 9.81. The van der Waals surface area contributed by atoms with Crippen molar-refractivity contribution in [2.45, 2.75) is 12.5 Å². The fraction of sp³-hybridized carbons (Fsp3) is 0.167. The number of rotatable bonds is 6. The minimum Gasteiger partial charge on any atom is -0.466 e. The highest BCUT2D eigenvalue weighted by molar-refractivity contribution is 6.06. The molecule has 1 heterocycles. The van der Waals surface area contributed by atoms with E-state index in [1.165, 1.54) is 19.1 Å². The van der Waals surface area contributed by atoms with Gasteiger partial charge in [0.25, 0.3) is 0 Å². The summed E-state index contributed by atoms with van der Waals surface area (Å²) in [6.07, 6.45) is 0. The number of hydrogen-bond acceptors (Lipinski definition) is 8.